The fourth-order valence-electron chi connectivity index (χ4n) is 1.82. The highest BCUT2D eigenvalue weighted by molar-refractivity contribution is 4.84. The van der Waals surface area contributed by atoms with Gasteiger partial charge < -0.3 is 4.74 Å². The molecule has 3 nitrogen and oxygen atoms in total. The average molecular weight is 142 g/mol. The second-order valence-corrected chi connectivity index (χ2v) is 3.06. The predicted octanol–water partition coefficient (Wildman–Crippen LogP) is -0.0160. The number of piperidine rings is 1. The third kappa shape index (κ3) is 0.944. The Labute approximate surface area is 61.3 Å². The number of hydrogen-bond acceptors (Lipinski definition) is 3. The summed E-state index contributed by atoms with van der Waals surface area (Å²) in [7, 11) is 1.99. The van der Waals surface area contributed by atoms with E-state index in [-0.39, 0.29) is 0 Å². The molecule has 0 saturated carbocycles. The summed E-state index contributed by atoms with van der Waals surface area (Å²) in [4.78, 5) is 0. The molecule has 3 fully saturated rings. The molecule has 3 heteroatoms. The van der Waals surface area contributed by atoms with E-state index in [1.165, 1.54) is 12.8 Å². The summed E-state index contributed by atoms with van der Waals surface area (Å²) in [6.45, 7) is 1.99. The third-order valence-electron chi connectivity index (χ3n) is 2.47. The normalized spacial score (nSPS) is 40.5. The van der Waals surface area contributed by atoms with Crippen molar-refractivity contribution in [3.8, 4) is 0 Å². The monoisotopic (exact) mass is 142 g/mol. The van der Waals surface area contributed by atoms with E-state index in [0.717, 1.165) is 13.2 Å². The van der Waals surface area contributed by atoms with Gasteiger partial charge in [0.25, 0.3) is 0 Å². The van der Waals surface area contributed by atoms with Crippen LogP contribution in [-0.4, -0.2) is 37.4 Å². The van der Waals surface area contributed by atoms with Crippen LogP contribution in [0.1, 0.15) is 12.8 Å². The Kier molecular flexibility index (Phi) is 1.64. The number of fused-ring (bicyclic) bond motifs is 3. The lowest BCUT2D eigenvalue weighted by molar-refractivity contribution is -0.121. The Hall–Kier alpha value is -0.120. The van der Waals surface area contributed by atoms with Crippen LogP contribution in [0, 0.1) is 0 Å². The Morgan fingerprint density at radius 1 is 1.50 bits per heavy atom. The first-order valence-corrected chi connectivity index (χ1v) is 3.96. The van der Waals surface area contributed by atoms with Crippen LogP contribution in [0.5, 0.6) is 0 Å². The van der Waals surface area contributed by atoms with Gasteiger partial charge in [-0.1, -0.05) is 0 Å². The van der Waals surface area contributed by atoms with Gasteiger partial charge in [-0.3, -0.25) is 5.43 Å². The molecule has 3 aliphatic heterocycles. The van der Waals surface area contributed by atoms with Crippen molar-refractivity contribution in [1.82, 2.24) is 10.4 Å². The first-order chi connectivity index (χ1) is 4.90. The molecule has 3 aliphatic rings. The molecule has 0 radical (unpaired) electrons. The van der Waals surface area contributed by atoms with E-state index in [1.807, 2.05) is 7.05 Å². The van der Waals surface area contributed by atoms with E-state index in [2.05, 4.69) is 10.4 Å². The maximum absolute atomic E-state index is 5.53. The van der Waals surface area contributed by atoms with Gasteiger partial charge in [0.15, 0.2) is 0 Å². The molecular weight excluding hydrogens is 128 g/mol. The summed E-state index contributed by atoms with van der Waals surface area (Å²) < 4.78 is 5.53. The summed E-state index contributed by atoms with van der Waals surface area (Å²) in [5, 5.41) is 2.29. The highest BCUT2D eigenvalue weighted by Gasteiger charge is 2.33. The van der Waals surface area contributed by atoms with Crippen LogP contribution in [0.3, 0.4) is 0 Å². The topological polar surface area (TPSA) is 24.5 Å². The molecule has 2 unspecified atom stereocenters. The van der Waals surface area contributed by atoms with Gasteiger partial charge >= 0.3 is 0 Å². The lowest BCUT2D eigenvalue weighted by atomic mass is 9.99. The van der Waals surface area contributed by atoms with Crippen LogP contribution >= 0.6 is 0 Å². The van der Waals surface area contributed by atoms with Gasteiger partial charge in [0.05, 0.1) is 12.7 Å². The molecule has 0 aliphatic carbocycles. The van der Waals surface area contributed by atoms with E-state index in [4.69, 9.17) is 4.74 Å². The van der Waals surface area contributed by atoms with Crippen molar-refractivity contribution in [2.45, 2.75) is 25.0 Å². The van der Waals surface area contributed by atoms with Gasteiger partial charge in [-0.15, -0.1) is 0 Å². The van der Waals surface area contributed by atoms with Crippen LogP contribution in [-0.2, 0) is 4.74 Å². The summed E-state index contributed by atoms with van der Waals surface area (Å²) >= 11 is 0. The molecule has 1 N–H and O–H groups in total. The Morgan fingerprint density at radius 2 is 2.40 bits per heavy atom. The molecule has 0 aromatic heterocycles. The van der Waals surface area contributed by atoms with Crippen LogP contribution in [0.25, 0.3) is 0 Å². The molecule has 3 saturated heterocycles. The average Bonchev–Trinajstić information content (AvgIpc) is 2.06. The molecule has 10 heavy (non-hydrogen) atoms. The Balaban J connectivity index is 2.01. The molecular formula is C7H14N2O. The van der Waals surface area contributed by atoms with Crippen molar-refractivity contribution < 1.29 is 4.74 Å². The highest BCUT2D eigenvalue weighted by Crippen LogP contribution is 2.23. The van der Waals surface area contributed by atoms with Gasteiger partial charge in [0.2, 0.25) is 0 Å². The number of morpholine rings is 1. The van der Waals surface area contributed by atoms with E-state index >= 15 is 0 Å². The van der Waals surface area contributed by atoms with E-state index in [1.54, 1.807) is 0 Å². The number of nitrogens with zero attached hydrogens (tertiary/aromatic N) is 1. The summed E-state index contributed by atoms with van der Waals surface area (Å²) in [5.41, 5.74) is 3.19. The predicted molar refractivity (Wildman–Crippen MR) is 38.5 cm³/mol. The lowest BCUT2D eigenvalue weighted by Gasteiger charge is -2.44. The van der Waals surface area contributed by atoms with Crippen LogP contribution in [0.4, 0.5) is 0 Å². The zero-order valence-corrected chi connectivity index (χ0v) is 6.34. The van der Waals surface area contributed by atoms with Gasteiger partial charge in [-0.25, -0.2) is 5.01 Å². The Bertz CT molecular complexity index is 121. The third-order valence-corrected chi connectivity index (χ3v) is 2.47. The van der Waals surface area contributed by atoms with Crippen LogP contribution < -0.4 is 5.43 Å². The van der Waals surface area contributed by atoms with Gasteiger partial charge in [-0.2, -0.15) is 0 Å². The number of nitrogens with one attached hydrogen (secondary N) is 1. The fraction of sp³-hybridized carbons (Fsp3) is 1.00. The largest absolute Gasteiger partial charge is 0.375 e. The fourth-order valence-corrected chi connectivity index (χ4v) is 1.82. The minimum absolute atomic E-state index is 0.498. The second kappa shape index (κ2) is 2.49. The van der Waals surface area contributed by atoms with Crippen molar-refractivity contribution in [3.63, 3.8) is 0 Å². The molecule has 3 rings (SSSR count). The minimum atomic E-state index is 0.498. The quantitative estimate of drug-likeness (QED) is 0.557. The lowest BCUT2D eigenvalue weighted by Crippen LogP contribution is -2.58. The maximum Gasteiger partial charge on any atom is 0.0717 e. The van der Waals surface area contributed by atoms with Crippen molar-refractivity contribution in [2.75, 3.05) is 20.2 Å². The Morgan fingerprint density at radius 3 is 2.70 bits per heavy atom. The van der Waals surface area contributed by atoms with E-state index < -0.39 is 0 Å². The summed E-state index contributed by atoms with van der Waals surface area (Å²) in [5.74, 6) is 0. The molecule has 0 aromatic carbocycles. The first kappa shape index (κ1) is 6.58. The SMILES string of the molecule is CNN1CC2CCC1CO2. The standard InChI is InChI=1S/C7H14N2O/c1-8-9-4-7-3-2-6(9)5-10-7/h6-8H,2-5H2,1H3. The van der Waals surface area contributed by atoms with Crippen molar-refractivity contribution in [2.24, 2.45) is 0 Å². The van der Waals surface area contributed by atoms with Crippen molar-refractivity contribution in [1.29, 1.82) is 0 Å². The number of hydrazine groups is 1. The zero-order valence-electron chi connectivity index (χ0n) is 6.34. The number of rotatable bonds is 1. The van der Waals surface area contributed by atoms with Crippen molar-refractivity contribution >= 4 is 0 Å². The molecule has 2 bridgehead atoms. The molecule has 58 valence electrons. The first-order valence-electron chi connectivity index (χ1n) is 3.96. The molecule has 0 amide bonds. The summed E-state index contributed by atoms with van der Waals surface area (Å²) in [6.07, 6.45) is 3.05. The van der Waals surface area contributed by atoms with Crippen LogP contribution in [0.15, 0.2) is 0 Å². The second-order valence-electron chi connectivity index (χ2n) is 3.06. The minimum Gasteiger partial charge on any atom is -0.375 e. The van der Waals surface area contributed by atoms with Crippen molar-refractivity contribution in [3.05, 3.63) is 0 Å². The molecule has 0 aromatic rings. The number of ether oxygens (including phenoxy) is 1. The van der Waals surface area contributed by atoms with Gasteiger partial charge in [-0.05, 0) is 19.9 Å². The number of hydrogen-bond donors (Lipinski definition) is 1. The summed E-state index contributed by atoms with van der Waals surface area (Å²) in [6, 6.07) is 0.634. The van der Waals surface area contributed by atoms with E-state index in [0.29, 0.717) is 12.1 Å². The highest BCUT2D eigenvalue weighted by atomic mass is 16.5. The smallest absolute Gasteiger partial charge is 0.0717 e. The van der Waals surface area contributed by atoms with Gasteiger partial charge in [0.1, 0.15) is 0 Å². The maximum atomic E-state index is 5.53. The van der Waals surface area contributed by atoms with E-state index in [9.17, 15) is 0 Å². The van der Waals surface area contributed by atoms with Gasteiger partial charge in [0, 0.05) is 12.6 Å². The van der Waals surface area contributed by atoms with Crippen LogP contribution in [0.2, 0.25) is 0 Å². The zero-order chi connectivity index (χ0) is 6.97. The molecule has 3 heterocycles. The molecule has 2 atom stereocenters. The molecule has 0 spiro atoms.